The average molecular weight is 311 g/mol. The van der Waals surface area contributed by atoms with Gasteiger partial charge in [0.25, 0.3) is 0 Å². The third-order valence-electron chi connectivity index (χ3n) is 2.45. The van der Waals surface area contributed by atoms with E-state index in [1.807, 2.05) is 29.6 Å². The lowest BCUT2D eigenvalue weighted by Gasteiger charge is -2.09. The summed E-state index contributed by atoms with van der Waals surface area (Å²) in [7, 11) is 0. The summed E-state index contributed by atoms with van der Waals surface area (Å²) in [5, 5.41) is 11.8. The first-order chi connectivity index (χ1) is 8.18. The quantitative estimate of drug-likeness (QED) is 0.940. The molecule has 2 rings (SSSR count). The zero-order valence-corrected chi connectivity index (χ0v) is 11.4. The number of aliphatic hydroxyl groups is 1. The summed E-state index contributed by atoms with van der Waals surface area (Å²) >= 11 is 4.89. The number of aliphatic hydroxyl groups excluding tert-OH is 1. The maximum atomic E-state index is 11.9. The lowest BCUT2D eigenvalue weighted by atomic mass is 10.0. The Labute approximate surface area is 112 Å². The zero-order valence-electron chi connectivity index (χ0n) is 8.97. The third-order valence-corrected chi connectivity index (χ3v) is 4.37. The van der Waals surface area contributed by atoms with E-state index in [1.54, 1.807) is 12.1 Å². The third kappa shape index (κ3) is 3.03. The van der Waals surface area contributed by atoms with Gasteiger partial charge in [0.15, 0.2) is 5.78 Å². The fraction of sp³-hybridized carbons (Fsp3) is 0.154. The minimum absolute atomic E-state index is 0.181. The van der Waals surface area contributed by atoms with Gasteiger partial charge in [0.2, 0.25) is 0 Å². The van der Waals surface area contributed by atoms with Crippen molar-refractivity contribution in [2.75, 3.05) is 0 Å². The Morgan fingerprint density at radius 1 is 1.29 bits per heavy atom. The maximum absolute atomic E-state index is 11.9. The Balaban J connectivity index is 2.09. The van der Waals surface area contributed by atoms with Gasteiger partial charge in [-0.1, -0.05) is 30.3 Å². The van der Waals surface area contributed by atoms with E-state index in [0.717, 1.165) is 9.35 Å². The predicted octanol–water partition coefficient (Wildman–Crippen LogP) is 3.36. The molecule has 0 aliphatic carbocycles. The summed E-state index contributed by atoms with van der Waals surface area (Å²) in [6.07, 6.45) is -0.779. The number of hydrogen-bond acceptors (Lipinski definition) is 3. The molecule has 2 aromatic rings. The molecule has 1 aromatic carbocycles. The van der Waals surface area contributed by atoms with Gasteiger partial charge in [0.05, 0.1) is 0 Å². The van der Waals surface area contributed by atoms with Gasteiger partial charge in [0.1, 0.15) is 6.10 Å². The summed E-state index contributed by atoms with van der Waals surface area (Å²) in [5.41, 5.74) is 0.644. The average Bonchev–Trinajstić information content (AvgIpc) is 2.75. The van der Waals surface area contributed by atoms with E-state index in [1.165, 1.54) is 11.3 Å². The van der Waals surface area contributed by atoms with Crippen LogP contribution in [-0.2, 0) is 11.2 Å². The number of carbonyl (C=O) groups is 1. The molecule has 0 amide bonds. The van der Waals surface area contributed by atoms with Crippen molar-refractivity contribution >= 4 is 33.0 Å². The predicted molar refractivity (Wildman–Crippen MR) is 72.1 cm³/mol. The van der Waals surface area contributed by atoms with Crippen molar-refractivity contribution in [1.82, 2.24) is 0 Å². The normalized spacial score (nSPS) is 12.4. The van der Waals surface area contributed by atoms with E-state index >= 15 is 0 Å². The van der Waals surface area contributed by atoms with E-state index in [4.69, 9.17) is 0 Å². The van der Waals surface area contributed by atoms with E-state index < -0.39 is 6.10 Å². The number of rotatable bonds is 4. The Kier molecular flexibility index (Phi) is 4.10. The smallest absolute Gasteiger partial charge is 0.171 e. The molecule has 1 heterocycles. The second kappa shape index (κ2) is 5.58. The van der Waals surface area contributed by atoms with Crippen molar-refractivity contribution in [2.45, 2.75) is 12.5 Å². The molecular weight excluding hydrogens is 300 g/mol. The first-order valence-electron chi connectivity index (χ1n) is 5.16. The van der Waals surface area contributed by atoms with Gasteiger partial charge in [-0.05, 0) is 32.9 Å². The van der Waals surface area contributed by atoms with Gasteiger partial charge >= 0.3 is 0 Å². The number of benzene rings is 1. The topological polar surface area (TPSA) is 37.3 Å². The lowest BCUT2D eigenvalue weighted by Crippen LogP contribution is -2.14. The first kappa shape index (κ1) is 12.5. The summed E-state index contributed by atoms with van der Waals surface area (Å²) in [6.45, 7) is 0. The summed E-state index contributed by atoms with van der Waals surface area (Å²) < 4.78 is 0.927. The first-order valence-corrected chi connectivity index (χ1v) is 6.83. The zero-order chi connectivity index (χ0) is 12.3. The second-order valence-electron chi connectivity index (χ2n) is 3.65. The van der Waals surface area contributed by atoms with Crippen LogP contribution in [0.1, 0.15) is 16.5 Å². The highest BCUT2D eigenvalue weighted by Crippen LogP contribution is 2.25. The molecule has 1 atom stereocenters. The molecule has 1 N–H and O–H groups in total. The highest BCUT2D eigenvalue weighted by Gasteiger charge is 2.18. The van der Waals surface area contributed by atoms with Crippen LogP contribution in [0.2, 0.25) is 0 Å². The molecule has 0 bridgehead atoms. The van der Waals surface area contributed by atoms with Crippen LogP contribution in [0.5, 0.6) is 0 Å². The van der Waals surface area contributed by atoms with Crippen molar-refractivity contribution < 1.29 is 9.90 Å². The standard InChI is InChI=1S/C13H11BrO2S/c14-10-6-7-17-12(10)8-11(15)13(16)9-4-2-1-3-5-9/h1-7,13,16H,8H2. The van der Waals surface area contributed by atoms with Gasteiger partial charge in [-0.3, -0.25) is 4.79 Å². The molecule has 0 fully saturated rings. The molecule has 0 spiro atoms. The molecule has 0 saturated carbocycles. The minimum Gasteiger partial charge on any atom is -0.381 e. The Bertz CT molecular complexity index is 507. The highest BCUT2D eigenvalue weighted by atomic mass is 79.9. The molecule has 4 heteroatoms. The molecule has 0 aliphatic heterocycles. The van der Waals surface area contributed by atoms with Crippen molar-refractivity contribution in [3.63, 3.8) is 0 Å². The van der Waals surface area contributed by atoms with Crippen LogP contribution in [0.15, 0.2) is 46.3 Å². The lowest BCUT2D eigenvalue weighted by molar-refractivity contribution is -0.126. The maximum Gasteiger partial charge on any atom is 0.171 e. The summed E-state index contributed by atoms with van der Waals surface area (Å²) in [5.74, 6) is -0.181. The van der Waals surface area contributed by atoms with Crippen molar-refractivity contribution in [2.24, 2.45) is 0 Å². The van der Waals surface area contributed by atoms with E-state index in [2.05, 4.69) is 15.9 Å². The number of Topliss-reactive ketones (excluding diaryl/α,β-unsaturated/α-hetero) is 1. The SMILES string of the molecule is O=C(Cc1sccc1Br)C(O)c1ccccc1. The van der Waals surface area contributed by atoms with Gasteiger partial charge in [-0.25, -0.2) is 0 Å². The summed E-state index contributed by atoms with van der Waals surface area (Å²) in [4.78, 5) is 12.8. The Hall–Kier alpha value is -0.970. The number of thiophene rings is 1. The van der Waals surface area contributed by atoms with Crippen LogP contribution in [0, 0.1) is 0 Å². The minimum atomic E-state index is -1.04. The molecule has 2 nitrogen and oxygen atoms in total. The van der Waals surface area contributed by atoms with Crippen molar-refractivity contribution in [3.05, 3.63) is 56.7 Å². The molecular formula is C13H11BrO2S. The van der Waals surface area contributed by atoms with Gasteiger partial charge < -0.3 is 5.11 Å². The van der Waals surface area contributed by atoms with Crippen LogP contribution in [0.3, 0.4) is 0 Å². The molecule has 88 valence electrons. The Morgan fingerprint density at radius 3 is 2.59 bits per heavy atom. The second-order valence-corrected chi connectivity index (χ2v) is 5.50. The van der Waals surface area contributed by atoms with E-state index in [0.29, 0.717) is 5.56 Å². The van der Waals surface area contributed by atoms with E-state index in [-0.39, 0.29) is 12.2 Å². The van der Waals surface area contributed by atoms with Crippen LogP contribution < -0.4 is 0 Å². The Morgan fingerprint density at radius 2 is 2.00 bits per heavy atom. The van der Waals surface area contributed by atoms with Gasteiger partial charge in [-0.2, -0.15) is 0 Å². The number of hydrogen-bond donors (Lipinski definition) is 1. The monoisotopic (exact) mass is 310 g/mol. The number of ketones is 1. The molecule has 0 saturated heterocycles. The largest absolute Gasteiger partial charge is 0.381 e. The van der Waals surface area contributed by atoms with Crippen molar-refractivity contribution in [3.8, 4) is 0 Å². The summed E-state index contributed by atoms with van der Waals surface area (Å²) in [6, 6.07) is 10.9. The number of halogens is 1. The fourth-order valence-electron chi connectivity index (χ4n) is 1.53. The van der Waals surface area contributed by atoms with Crippen LogP contribution >= 0.6 is 27.3 Å². The molecule has 0 radical (unpaired) electrons. The van der Waals surface area contributed by atoms with Gasteiger partial charge in [0, 0.05) is 15.8 Å². The fourth-order valence-corrected chi connectivity index (χ4v) is 3.03. The number of carbonyl (C=O) groups excluding carboxylic acids is 1. The highest BCUT2D eigenvalue weighted by molar-refractivity contribution is 9.10. The van der Waals surface area contributed by atoms with Crippen LogP contribution in [0.4, 0.5) is 0 Å². The van der Waals surface area contributed by atoms with Crippen LogP contribution in [0.25, 0.3) is 0 Å². The van der Waals surface area contributed by atoms with Crippen LogP contribution in [-0.4, -0.2) is 10.9 Å². The molecule has 0 aliphatic rings. The van der Waals surface area contributed by atoms with E-state index in [9.17, 15) is 9.90 Å². The molecule has 1 aromatic heterocycles. The molecule has 17 heavy (non-hydrogen) atoms. The molecule has 1 unspecified atom stereocenters. The van der Waals surface area contributed by atoms with Gasteiger partial charge in [-0.15, -0.1) is 11.3 Å². The van der Waals surface area contributed by atoms with Crippen molar-refractivity contribution in [1.29, 1.82) is 0 Å².